The second-order valence-electron chi connectivity index (χ2n) is 9.06. The molecule has 182 valence electrons. The van der Waals surface area contributed by atoms with Crippen LogP contribution in [0.2, 0.25) is 0 Å². The number of fused-ring (bicyclic) bond motifs is 2. The van der Waals surface area contributed by atoms with E-state index in [2.05, 4.69) is 12.2 Å². The van der Waals surface area contributed by atoms with Gasteiger partial charge in [0.25, 0.3) is 5.91 Å². The predicted octanol–water partition coefficient (Wildman–Crippen LogP) is 3.62. The average Bonchev–Trinajstić information content (AvgIpc) is 2.86. The number of carbonyl (C=O) groups is 2. The number of amides is 2. The third-order valence-electron chi connectivity index (χ3n) is 6.62. The number of ether oxygens (including phenoxy) is 1. The Labute approximate surface area is 204 Å². The van der Waals surface area contributed by atoms with Crippen LogP contribution in [0.1, 0.15) is 19.8 Å². The van der Waals surface area contributed by atoms with Gasteiger partial charge in [0.15, 0.2) is 6.61 Å². The third-order valence-corrected chi connectivity index (χ3v) is 8.51. The maximum absolute atomic E-state index is 13.3. The highest BCUT2D eigenvalue weighted by Crippen LogP contribution is 2.35. The Balaban J connectivity index is 1.40. The summed E-state index contributed by atoms with van der Waals surface area (Å²) in [4.78, 5) is 27.1. The molecule has 0 saturated carbocycles. The van der Waals surface area contributed by atoms with E-state index in [0.29, 0.717) is 30.4 Å². The zero-order valence-electron chi connectivity index (χ0n) is 19.4. The van der Waals surface area contributed by atoms with E-state index >= 15 is 0 Å². The maximum Gasteiger partial charge on any atom is 0.265 e. The first-order valence-corrected chi connectivity index (χ1v) is 13.1. The van der Waals surface area contributed by atoms with Crippen molar-refractivity contribution < 1.29 is 22.7 Å². The topological polar surface area (TPSA) is 96.0 Å². The minimum atomic E-state index is -3.72. The molecular formula is C26H27N3O5S. The fraction of sp³-hybridized carbons (Fsp3) is 0.308. The lowest BCUT2D eigenvalue weighted by molar-refractivity contribution is -0.123. The van der Waals surface area contributed by atoms with Crippen LogP contribution in [-0.2, 0) is 19.6 Å². The number of sulfonamides is 1. The van der Waals surface area contributed by atoms with E-state index in [1.807, 2.05) is 36.4 Å². The molecule has 3 aromatic carbocycles. The van der Waals surface area contributed by atoms with Gasteiger partial charge in [-0.3, -0.25) is 14.5 Å². The van der Waals surface area contributed by atoms with E-state index in [0.717, 1.165) is 23.6 Å². The first kappa shape index (κ1) is 23.3. The molecular weight excluding hydrogens is 466 g/mol. The molecule has 0 aromatic heterocycles. The first-order chi connectivity index (χ1) is 16.8. The van der Waals surface area contributed by atoms with Crippen LogP contribution in [0.25, 0.3) is 10.8 Å². The lowest BCUT2D eigenvalue weighted by atomic mass is 10.0. The van der Waals surface area contributed by atoms with Crippen LogP contribution in [0.3, 0.4) is 0 Å². The molecule has 8 nitrogen and oxygen atoms in total. The highest BCUT2D eigenvalue weighted by molar-refractivity contribution is 7.89. The Morgan fingerprint density at radius 2 is 1.80 bits per heavy atom. The minimum Gasteiger partial charge on any atom is -0.482 e. The molecule has 2 amide bonds. The fourth-order valence-corrected chi connectivity index (χ4v) is 6.05. The Hall–Kier alpha value is -3.43. The van der Waals surface area contributed by atoms with Crippen LogP contribution in [0.4, 0.5) is 11.4 Å². The number of rotatable bonds is 5. The molecule has 2 heterocycles. The molecule has 0 spiro atoms. The summed E-state index contributed by atoms with van der Waals surface area (Å²) >= 11 is 0. The summed E-state index contributed by atoms with van der Waals surface area (Å²) in [5.74, 6) is 0.0632. The van der Waals surface area contributed by atoms with Gasteiger partial charge in [-0.05, 0) is 48.4 Å². The molecule has 2 aliphatic rings. The largest absolute Gasteiger partial charge is 0.482 e. The van der Waals surface area contributed by atoms with Crippen LogP contribution < -0.4 is 15.0 Å². The smallest absolute Gasteiger partial charge is 0.265 e. The van der Waals surface area contributed by atoms with E-state index in [1.54, 1.807) is 12.1 Å². The van der Waals surface area contributed by atoms with Crippen molar-refractivity contribution in [2.75, 3.05) is 36.5 Å². The number of nitrogens with zero attached hydrogens (tertiary/aromatic N) is 2. The number of hydrogen-bond donors (Lipinski definition) is 1. The summed E-state index contributed by atoms with van der Waals surface area (Å²) in [6.07, 6.45) is 1.62. The van der Waals surface area contributed by atoms with Gasteiger partial charge >= 0.3 is 0 Å². The normalized spacial score (nSPS) is 17.2. The molecule has 3 aromatic rings. The van der Waals surface area contributed by atoms with E-state index in [1.165, 1.54) is 21.3 Å². The van der Waals surface area contributed by atoms with Crippen molar-refractivity contribution >= 4 is 44.0 Å². The van der Waals surface area contributed by atoms with Gasteiger partial charge in [0, 0.05) is 24.2 Å². The van der Waals surface area contributed by atoms with Crippen LogP contribution in [0.5, 0.6) is 5.75 Å². The SMILES string of the molecule is CC1CCN(S(=O)(=O)c2ccc3c(c2)N(CC(=O)Nc2cccc4ccccc24)C(=O)CO3)CC1. The van der Waals surface area contributed by atoms with Crippen LogP contribution in [0, 0.1) is 5.92 Å². The monoisotopic (exact) mass is 493 g/mol. The number of benzene rings is 3. The van der Waals surface area contributed by atoms with Crippen molar-refractivity contribution in [1.82, 2.24) is 4.31 Å². The van der Waals surface area contributed by atoms with Gasteiger partial charge in [-0.2, -0.15) is 4.31 Å². The quantitative estimate of drug-likeness (QED) is 0.586. The van der Waals surface area contributed by atoms with Crippen molar-refractivity contribution in [3.8, 4) is 5.75 Å². The van der Waals surface area contributed by atoms with Crippen molar-refractivity contribution in [2.45, 2.75) is 24.7 Å². The Kier molecular flexibility index (Phi) is 6.21. The molecule has 0 bridgehead atoms. The predicted molar refractivity (Wildman–Crippen MR) is 134 cm³/mol. The standard InChI is InChI=1S/C26H27N3O5S/c1-18-11-13-28(14-12-18)35(32,33)20-9-10-24-23(15-20)29(26(31)17-34-24)16-25(30)27-22-8-4-6-19-5-2-3-7-21(19)22/h2-10,15,18H,11-14,16-17H2,1H3,(H,27,30). The summed E-state index contributed by atoms with van der Waals surface area (Å²) < 4.78 is 33.5. The average molecular weight is 494 g/mol. The molecule has 0 unspecified atom stereocenters. The maximum atomic E-state index is 13.3. The zero-order valence-corrected chi connectivity index (χ0v) is 20.3. The zero-order chi connectivity index (χ0) is 24.6. The van der Waals surface area contributed by atoms with E-state index in [4.69, 9.17) is 4.74 Å². The molecule has 9 heteroatoms. The third kappa shape index (κ3) is 4.61. The summed E-state index contributed by atoms with van der Waals surface area (Å²) in [7, 11) is -3.72. The number of anilines is 2. The van der Waals surface area contributed by atoms with Crippen LogP contribution >= 0.6 is 0 Å². The molecule has 0 atom stereocenters. The van der Waals surface area contributed by atoms with E-state index in [-0.39, 0.29) is 29.6 Å². The summed E-state index contributed by atoms with van der Waals surface area (Å²) in [5.41, 5.74) is 0.922. The van der Waals surface area contributed by atoms with Crippen molar-refractivity contribution in [3.05, 3.63) is 60.7 Å². The molecule has 0 radical (unpaired) electrons. The number of carbonyl (C=O) groups excluding carboxylic acids is 2. The van der Waals surface area contributed by atoms with Crippen molar-refractivity contribution in [1.29, 1.82) is 0 Å². The fourth-order valence-electron chi connectivity index (χ4n) is 4.56. The first-order valence-electron chi connectivity index (χ1n) is 11.7. The molecule has 0 aliphatic carbocycles. The lowest BCUT2D eigenvalue weighted by Gasteiger charge is -2.31. The minimum absolute atomic E-state index is 0.0866. The molecule has 35 heavy (non-hydrogen) atoms. The highest BCUT2D eigenvalue weighted by Gasteiger charge is 2.32. The number of piperidine rings is 1. The lowest BCUT2D eigenvalue weighted by Crippen LogP contribution is -2.43. The summed E-state index contributed by atoms with van der Waals surface area (Å²) in [6, 6.07) is 17.8. The molecule has 2 aliphatic heterocycles. The van der Waals surface area contributed by atoms with Crippen molar-refractivity contribution in [3.63, 3.8) is 0 Å². The van der Waals surface area contributed by atoms with Crippen LogP contribution in [-0.4, -0.2) is 50.8 Å². The Morgan fingerprint density at radius 3 is 2.60 bits per heavy atom. The van der Waals surface area contributed by atoms with E-state index in [9.17, 15) is 18.0 Å². The van der Waals surface area contributed by atoms with Gasteiger partial charge in [0.2, 0.25) is 15.9 Å². The van der Waals surface area contributed by atoms with Gasteiger partial charge < -0.3 is 10.1 Å². The molecule has 1 saturated heterocycles. The second-order valence-corrected chi connectivity index (χ2v) is 11.0. The van der Waals surface area contributed by atoms with Crippen molar-refractivity contribution in [2.24, 2.45) is 5.92 Å². The number of nitrogens with one attached hydrogen (secondary N) is 1. The Bertz CT molecular complexity index is 1390. The molecule has 5 rings (SSSR count). The Morgan fingerprint density at radius 1 is 1.06 bits per heavy atom. The van der Waals surface area contributed by atoms with E-state index < -0.39 is 15.9 Å². The summed E-state index contributed by atoms with van der Waals surface area (Å²) in [6.45, 7) is 2.57. The van der Waals surface area contributed by atoms with Gasteiger partial charge in [-0.25, -0.2) is 8.42 Å². The molecule has 1 N–H and O–H groups in total. The molecule has 1 fully saturated rings. The summed E-state index contributed by atoms with van der Waals surface area (Å²) in [5, 5.41) is 4.76. The van der Waals surface area contributed by atoms with Crippen LogP contribution in [0.15, 0.2) is 65.6 Å². The second kappa shape index (κ2) is 9.31. The number of hydrogen-bond acceptors (Lipinski definition) is 5. The van der Waals surface area contributed by atoms with Gasteiger partial charge in [0.1, 0.15) is 12.3 Å². The van der Waals surface area contributed by atoms with Gasteiger partial charge in [-0.15, -0.1) is 0 Å². The highest BCUT2D eigenvalue weighted by atomic mass is 32.2. The van der Waals surface area contributed by atoms with Gasteiger partial charge in [0.05, 0.1) is 10.6 Å². The van der Waals surface area contributed by atoms with Gasteiger partial charge in [-0.1, -0.05) is 43.3 Å².